The van der Waals surface area contributed by atoms with Crippen molar-refractivity contribution in [3.8, 4) is 11.5 Å². The average Bonchev–Trinajstić information content (AvgIpc) is 3.29. The number of hydrogen-bond acceptors (Lipinski definition) is 6. The Morgan fingerprint density at radius 2 is 1.74 bits per heavy atom. The molecule has 196 valence electrons. The fourth-order valence-electron chi connectivity index (χ4n) is 7.45. The molecule has 0 spiro atoms. The van der Waals surface area contributed by atoms with Gasteiger partial charge in [-0.25, -0.2) is 4.90 Å². The summed E-state index contributed by atoms with van der Waals surface area (Å²) in [5.41, 5.74) is 0.600. The van der Waals surface area contributed by atoms with Crippen molar-refractivity contribution in [2.75, 3.05) is 18.6 Å². The Morgan fingerprint density at radius 1 is 1.00 bits per heavy atom. The van der Waals surface area contributed by atoms with Gasteiger partial charge in [0.25, 0.3) is 0 Å². The first-order valence-corrected chi connectivity index (χ1v) is 13.1. The van der Waals surface area contributed by atoms with Crippen LogP contribution in [0.3, 0.4) is 0 Å². The van der Waals surface area contributed by atoms with Crippen molar-refractivity contribution in [1.82, 2.24) is 4.90 Å². The number of phenols is 1. The average molecular weight is 515 g/mol. The standard InChI is InChI=1S/C30H30N2O6/c1-4-31-26(34)19-12-11-18-20(24(19)28(31)36)15-22-27(35)32(16-8-6-5-7-9-16)29(37)30(22,2)25(18)21-14-17(38-3)10-13-23(21)33/h5-11,13-14,19-20,22,24-25,33H,4,12,15H2,1-3H3/t19-,20+,22-,24-,25+,30+/m0/s1. The third-order valence-corrected chi connectivity index (χ3v) is 9.24. The van der Waals surface area contributed by atoms with Gasteiger partial charge in [0.05, 0.1) is 36.0 Å². The minimum absolute atomic E-state index is 0.0122. The van der Waals surface area contributed by atoms with Gasteiger partial charge >= 0.3 is 0 Å². The second-order valence-electron chi connectivity index (χ2n) is 10.8. The van der Waals surface area contributed by atoms with Crippen LogP contribution < -0.4 is 9.64 Å². The maximum atomic E-state index is 14.3. The Morgan fingerprint density at radius 3 is 2.42 bits per heavy atom. The molecule has 2 aliphatic carbocycles. The van der Waals surface area contributed by atoms with Gasteiger partial charge in [0.2, 0.25) is 23.6 Å². The van der Waals surface area contributed by atoms with Crippen LogP contribution in [0.5, 0.6) is 11.5 Å². The molecular weight excluding hydrogens is 484 g/mol. The van der Waals surface area contributed by atoms with Crippen LogP contribution >= 0.6 is 0 Å². The number of carbonyl (C=O) groups excluding carboxylic acids is 4. The minimum Gasteiger partial charge on any atom is -0.508 e. The summed E-state index contributed by atoms with van der Waals surface area (Å²) in [6.07, 6.45) is 2.64. The predicted molar refractivity (Wildman–Crippen MR) is 138 cm³/mol. The van der Waals surface area contributed by atoms with Crippen molar-refractivity contribution in [3.05, 3.63) is 65.7 Å². The summed E-state index contributed by atoms with van der Waals surface area (Å²) in [5.74, 6) is -3.42. The highest BCUT2D eigenvalue weighted by Gasteiger charge is 2.67. The largest absolute Gasteiger partial charge is 0.508 e. The number of amides is 4. The van der Waals surface area contributed by atoms with E-state index in [1.54, 1.807) is 50.2 Å². The van der Waals surface area contributed by atoms with Crippen molar-refractivity contribution in [2.45, 2.75) is 32.6 Å². The van der Waals surface area contributed by atoms with E-state index in [4.69, 9.17) is 4.74 Å². The molecule has 6 atom stereocenters. The van der Waals surface area contributed by atoms with E-state index < -0.39 is 35.0 Å². The van der Waals surface area contributed by atoms with Crippen molar-refractivity contribution < 1.29 is 29.0 Å². The molecule has 4 aliphatic rings. The van der Waals surface area contributed by atoms with E-state index in [1.165, 1.54) is 23.0 Å². The van der Waals surface area contributed by atoms with Crippen molar-refractivity contribution in [1.29, 1.82) is 0 Å². The van der Waals surface area contributed by atoms with E-state index in [0.717, 1.165) is 5.57 Å². The second-order valence-corrected chi connectivity index (χ2v) is 10.8. The maximum absolute atomic E-state index is 14.3. The molecule has 0 bridgehead atoms. The Labute approximate surface area is 220 Å². The van der Waals surface area contributed by atoms with Gasteiger partial charge in [0.1, 0.15) is 11.5 Å². The first-order chi connectivity index (χ1) is 18.2. The topological polar surface area (TPSA) is 104 Å². The number of nitrogens with zero attached hydrogens (tertiary/aromatic N) is 2. The molecule has 4 amide bonds. The van der Waals surface area contributed by atoms with Crippen LogP contribution in [0, 0.1) is 29.1 Å². The van der Waals surface area contributed by atoms with Gasteiger partial charge in [-0.15, -0.1) is 0 Å². The van der Waals surface area contributed by atoms with Crippen LogP contribution in [0.1, 0.15) is 38.2 Å². The molecule has 38 heavy (non-hydrogen) atoms. The molecule has 8 nitrogen and oxygen atoms in total. The number of benzene rings is 2. The van der Waals surface area contributed by atoms with Gasteiger partial charge < -0.3 is 9.84 Å². The van der Waals surface area contributed by atoms with Gasteiger partial charge in [0.15, 0.2) is 0 Å². The first-order valence-electron chi connectivity index (χ1n) is 13.1. The van der Waals surface area contributed by atoms with E-state index in [-0.39, 0.29) is 35.8 Å². The van der Waals surface area contributed by atoms with Gasteiger partial charge in [-0.1, -0.05) is 29.8 Å². The molecule has 2 heterocycles. The fourth-order valence-corrected chi connectivity index (χ4v) is 7.45. The van der Waals surface area contributed by atoms with E-state index in [0.29, 0.717) is 30.0 Å². The lowest BCUT2D eigenvalue weighted by atomic mass is 9.51. The lowest BCUT2D eigenvalue weighted by molar-refractivity contribution is -0.140. The zero-order chi connectivity index (χ0) is 26.9. The summed E-state index contributed by atoms with van der Waals surface area (Å²) < 4.78 is 5.45. The number of para-hydroxylation sites is 1. The predicted octanol–water partition coefficient (Wildman–Crippen LogP) is 3.65. The normalized spacial score (nSPS) is 32.2. The third-order valence-electron chi connectivity index (χ3n) is 9.24. The number of methoxy groups -OCH3 is 1. The van der Waals surface area contributed by atoms with E-state index in [1.807, 2.05) is 12.1 Å². The smallest absolute Gasteiger partial charge is 0.241 e. The molecule has 2 aliphatic heterocycles. The Balaban J connectivity index is 1.56. The van der Waals surface area contributed by atoms with Crippen molar-refractivity contribution in [3.63, 3.8) is 0 Å². The number of likely N-dealkylation sites (tertiary alicyclic amines) is 1. The van der Waals surface area contributed by atoms with Gasteiger partial charge in [-0.3, -0.25) is 24.1 Å². The number of imide groups is 2. The second kappa shape index (κ2) is 8.55. The highest BCUT2D eigenvalue weighted by molar-refractivity contribution is 6.24. The molecule has 2 aromatic rings. The van der Waals surface area contributed by atoms with Crippen LogP contribution in [-0.2, 0) is 19.2 Å². The summed E-state index contributed by atoms with van der Waals surface area (Å²) in [7, 11) is 1.53. The first kappa shape index (κ1) is 24.4. The van der Waals surface area contributed by atoms with Crippen molar-refractivity contribution >= 4 is 29.3 Å². The minimum atomic E-state index is -1.21. The third kappa shape index (κ3) is 3.09. The zero-order valence-corrected chi connectivity index (χ0v) is 21.6. The monoisotopic (exact) mass is 514 g/mol. The van der Waals surface area contributed by atoms with E-state index >= 15 is 0 Å². The Kier molecular flexibility index (Phi) is 5.49. The molecule has 2 aromatic carbocycles. The Bertz CT molecular complexity index is 1400. The number of aromatic hydroxyl groups is 1. The zero-order valence-electron chi connectivity index (χ0n) is 21.6. The SMILES string of the molecule is CCN1C(=O)[C@H]2[C@H](CC=C3[C@H]2C[C@H]2C(=O)N(c4ccccc4)C(=O)[C@@]2(C)[C@H]3c2cc(OC)ccc2O)C1=O. The lowest BCUT2D eigenvalue weighted by Crippen LogP contribution is -2.48. The molecule has 0 unspecified atom stereocenters. The van der Waals surface area contributed by atoms with Crippen LogP contribution in [0.25, 0.3) is 0 Å². The number of allylic oxidation sites excluding steroid dienone is 2. The molecule has 2 saturated heterocycles. The summed E-state index contributed by atoms with van der Waals surface area (Å²) >= 11 is 0. The number of rotatable bonds is 4. The van der Waals surface area contributed by atoms with Gasteiger partial charge in [0, 0.05) is 18.0 Å². The molecule has 3 fully saturated rings. The summed E-state index contributed by atoms with van der Waals surface area (Å²) in [6.45, 7) is 3.88. The Hall–Kier alpha value is -3.94. The van der Waals surface area contributed by atoms with Crippen LogP contribution in [0.4, 0.5) is 5.69 Å². The van der Waals surface area contributed by atoms with Crippen LogP contribution in [0.15, 0.2) is 60.2 Å². The number of hydrogen-bond donors (Lipinski definition) is 1. The van der Waals surface area contributed by atoms with Crippen LogP contribution in [0.2, 0.25) is 0 Å². The number of ether oxygens (including phenoxy) is 1. The molecule has 0 radical (unpaired) electrons. The van der Waals surface area contributed by atoms with E-state index in [9.17, 15) is 24.3 Å². The number of anilines is 1. The summed E-state index contributed by atoms with van der Waals surface area (Å²) in [4.78, 5) is 57.4. The molecule has 1 saturated carbocycles. The number of carbonyl (C=O) groups is 4. The number of phenolic OH excluding ortho intramolecular Hbond substituents is 1. The molecular formula is C30H30N2O6. The molecule has 8 heteroatoms. The van der Waals surface area contributed by atoms with Gasteiger partial charge in [-0.2, -0.15) is 0 Å². The highest BCUT2D eigenvalue weighted by Crippen LogP contribution is 2.64. The van der Waals surface area contributed by atoms with Gasteiger partial charge in [-0.05, 0) is 62.9 Å². The highest BCUT2D eigenvalue weighted by atomic mass is 16.5. The summed E-state index contributed by atoms with van der Waals surface area (Å²) in [5, 5.41) is 11.1. The quantitative estimate of drug-likeness (QED) is 0.493. The fraction of sp³-hybridized carbons (Fsp3) is 0.400. The maximum Gasteiger partial charge on any atom is 0.241 e. The van der Waals surface area contributed by atoms with E-state index in [2.05, 4.69) is 0 Å². The number of fused-ring (bicyclic) bond motifs is 4. The molecule has 0 aromatic heterocycles. The summed E-state index contributed by atoms with van der Waals surface area (Å²) in [6, 6.07) is 13.7. The lowest BCUT2D eigenvalue weighted by Gasteiger charge is -2.49. The molecule has 1 N–H and O–H groups in total. The molecule has 6 rings (SSSR count). The van der Waals surface area contributed by atoms with Crippen molar-refractivity contribution in [2.24, 2.45) is 29.1 Å². The van der Waals surface area contributed by atoms with Crippen LogP contribution in [-0.4, -0.2) is 47.3 Å².